The molecular weight excluding hydrogens is 399 g/mol. The summed E-state index contributed by atoms with van der Waals surface area (Å²) in [6, 6.07) is 8.06. The number of amides is 2. The predicted octanol–water partition coefficient (Wildman–Crippen LogP) is 3.30. The van der Waals surface area contributed by atoms with Gasteiger partial charge < -0.3 is 10.6 Å². The van der Waals surface area contributed by atoms with E-state index in [0.717, 1.165) is 12.1 Å². The minimum atomic E-state index is -4.50. The molecule has 0 spiro atoms. The number of carbonyl (C=O) groups is 2. The Balaban J connectivity index is 2.02. The van der Waals surface area contributed by atoms with E-state index in [1.165, 1.54) is 31.5 Å². The first-order valence-corrected chi connectivity index (χ1v) is 8.73. The maximum Gasteiger partial charge on any atom is 0.416 e. The van der Waals surface area contributed by atoms with Crippen molar-refractivity contribution < 1.29 is 22.8 Å². The van der Waals surface area contributed by atoms with Crippen molar-refractivity contribution in [2.45, 2.75) is 13.1 Å². The van der Waals surface area contributed by atoms with Gasteiger partial charge in [-0.25, -0.2) is 4.98 Å². The van der Waals surface area contributed by atoms with E-state index in [4.69, 9.17) is 0 Å². The van der Waals surface area contributed by atoms with E-state index in [0.29, 0.717) is 5.56 Å². The zero-order chi connectivity index (χ0) is 21.7. The number of carbonyl (C=O) groups excluding carboxylic acids is 2. The Hall–Kier alpha value is -3.82. The van der Waals surface area contributed by atoms with E-state index < -0.39 is 17.6 Å². The van der Waals surface area contributed by atoms with Gasteiger partial charge in [-0.05, 0) is 24.3 Å². The maximum atomic E-state index is 13.1. The highest BCUT2D eigenvalue weighted by Gasteiger charge is 2.30. The molecule has 0 aliphatic carbocycles. The third-order valence-corrected chi connectivity index (χ3v) is 3.94. The highest BCUT2D eigenvalue weighted by atomic mass is 19.4. The summed E-state index contributed by atoms with van der Waals surface area (Å²) in [4.78, 5) is 35.5. The Morgan fingerprint density at radius 1 is 1.03 bits per heavy atom. The molecule has 2 N–H and O–H groups in total. The SMILES string of the molecule is CC(=O)NCC(=O)Nc1cnc(-c2cccc(C(F)(F)F)c2)c(-c2cccnc2)n1. The van der Waals surface area contributed by atoms with Gasteiger partial charge in [-0.3, -0.25) is 19.6 Å². The van der Waals surface area contributed by atoms with Gasteiger partial charge in [0.25, 0.3) is 0 Å². The fourth-order valence-electron chi connectivity index (χ4n) is 2.60. The van der Waals surface area contributed by atoms with Gasteiger partial charge in [0.1, 0.15) is 5.69 Å². The number of anilines is 1. The lowest BCUT2D eigenvalue weighted by molar-refractivity contribution is -0.137. The van der Waals surface area contributed by atoms with Crippen LogP contribution >= 0.6 is 0 Å². The van der Waals surface area contributed by atoms with Crippen molar-refractivity contribution in [3.8, 4) is 22.5 Å². The molecule has 0 unspecified atom stereocenters. The van der Waals surface area contributed by atoms with Crippen LogP contribution < -0.4 is 10.6 Å². The molecule has 2 aromatic heterocycles. The van der Waals surface area contributed by atoms with Crippen molar-refractivity contribution in [2.75, 3.05) is 11.9 Å². The number of aromatic nitrogens is 3. The van der Waals surface area contributed by atoms with Crippen molar-refractivity contribution in [3.05, 3.63) is 60.6 Å². The molecule has 0 saturated carbocycles. The molecule has 3 rings (SSSR count). The normalized spacial score (nSPS) is 11.1. The molecule has 0 radical (unpaired) electrons. The number of pyridine rings is 1. The van der Waals surface area contributed by atoms with Crippen LogP contribution in [0.15, 0.2) is 55.0 Å². The van der Waals surface area contributed by atoms with Crippen molar-refractivity contribution in [1.29, 1.82) is 0 Å². The van der Waals surface area contributed by atoms with E-state index in [2.05, 4.69) is 25.6 Å². The average Bonchev–Trinajstić information content (AvgIpc) is 2.72. The topological polar surface area (TPSA) is 96.9 Å². The summed E-state index contributed by atoms with van der Waals surface area (Å²) in [6.07, 6.45) is -0.235. The monoisotopic (exact) mass is 415 g/mol. The van der Waals surface area contributed by atoms with E-state index in [-0.39, 0.29) is 35.2 Å². The number of nitrogens with zero attached hydrogens (tertiary/aromatic N) is 3. The molecule has 10 heteroatoms. The van der Waals surface area contributed by atoms with Gasteiger partial charge in [0.05, 0.1) is 24.0 Å². The largest absolute Gasteiger partial charge is 0.416 e. The molecule has 0 atom stereocenters. The first-order valence-electron chi connectivity index (χ1n) is 8.73. The predicted molar refractivity (Wildman–Crippen MR) is 103 cm³/mol. The second-order valence-electron chi connectivity index (χ2n) is 6.23. The molecule has 154 valence electrons. The van der Waals surface area contributed by atoms with Crippen molar-refractivity contribution >= 4 is 17.6 Å². The van der Waals surface area contributed by atoms with Crippen LogP contribution in [0.25, 0.3) is 22.5 Å². The van der Waals surface area contributed by atoms with Crippen LogP contribution in [0.5, 0.6) is 0 Å². The first-order chi connectivity index (χ1) is 14.2. The molecule has 2 heterocycles. The van der Waals surface area contributed by atoms with Gasteiger partial charge in [0.15, 0.2) is 5.82 Å². The molecule has 7 nitrogen and oxygen atoms in total. The maximum absolute atomic E-state index is 13.1. The summed E-state index contributed by atoms with van der Waals surface area (Å²) >= 11 is 0. The molecule has 2 amide bonds. The smallest absolute Gasteiger partial charge is 0.347 e. The summed E-state index contributed by atoms with van der Waals surface area (Å²) in [5.41, 5.74) is 0.364. The Morgan fingerprint density at radius 3 is 2.47 bits per heavy atom. The van der Waals surface area contributed by atoms with E-state index in [1.807, 2.05) is 0 Å². The van der Waals surface area contributed by atoms with Gasteiger partial charge in [0.2, 0.25) is 11.8 Å². The summed E-state index contributed by atoms with van der Waals surface area (Å²) in [7, 11) is 0. The number of nitrogens with one attached hydrogen (secondary N) is 2. The Labute approximate surface area is 169 Å². The number of alkyl halides is 3. The Bertz CT molecular complexity index is 1070. The fraction of sp³-hybridized carbons (Fsp3) is 0.150. The van der Waals surface area contributed by atoms with E-state index in [1.54, 1.807) is 18.3 Å². The molecule has 3 aromatic rings. The quantitative estimate of drug-likeness (QED) is 0.667. The minimum absolute atomic E-state index is 0.0833. The molecule has 0 saturated heterocycles. The van der Waals surface area contributed by atoms with Crippen LogP contribution in [0.4, 0.5) is 19.0 Å². The molecule has 30 heavy (non-hydrogen) atoms. The number of hydrogen-bond acceptors (Lipinski definition) is 5. The average molecular weight is 415 g/mol. The van der Waals surface area contributed by atoms with Crippen molar-refractivity contribution in [2.24, 2.45) is 0 Å². The number of benzene rings is 1. The van der Waals surface area contributed by atoms with E-state index in [9.17, 15) is 22.8 Å². The molecule has 1 aromatic carbocycles. The second kappa shape index (κ2) is 8.68. The first kappa shape index (κ1) is 20.9. The molecule has 0 fully saturated rings. The van der Waals surface area contributed by atoms with Crippen LogP contribution in [0.3, 0.4) is 0 Å². The standard InChI is InChI=1S/C20H16F3N5O2/c1-12(29)25-11-17(30)27-16-10-26-18(19(28-16)14-5-3-7-24-9-14)13-4-2-6-15(8-13)20(21,22)23/h2-10H,11H2,1H3,(H,25,29)(H,27,28,30). The Kier molecular flexibility index (Phi) is 6.05. The van der Waals surface area contributed by atoms with Gasteiger partial charge in [-0.2, -0.15) is 13.2 Å². The van der Waals surface area contributed by atoms with Gasteiger partial charge >= 0.3 is 6.18 Å². The zero-order valence-corrected chi connectivity index (χ0v) is 15.7. The summed E-state index contributed by atoms with van der Waals surface area (Å²) in [5, 5.41) is 4.85. The lowest BCUT2D eigenvalue weighted by Crippen LogP contribution is -2.31. The number of hydrogen-bond donors (Lipinski definition) is 2. The third-order valence-electron chi connectivity index (χ3n) is 3.94. The van der Waals surface area contributed by atoms with Crippen LogP contribution in [0.1, 0.15) is 12.5 Å². The summed E-state index contributed by atoms with van der Waals surface area (Å²) in [5.74, 6) is -0.810. The van der Waals surface area contributed by atoms with Gasteiger partial charge in [-0.1, -0.05) is 12.1 Å². The summed E-state index contributed by atoms with van der Waals surface area (Å²) in [6.45, 7) is 1.02. The highest BCUT2D eigenvalue weighted by Crippen LogP contribution is 2.34. The number of rotatable bonds is 5. The van der Waals surface area contributed by atoms with Crippen LogP contribution in [0, 0.1) is 0 Å². The van der Waals surface area contributed by atoms with Crippen molar-refractivity contribution in [1.82, 2.24) is 20.3 Å². The van der Waals surface area contributed by atoms with Crippen LogP contribution in [-0.4, -0.2) is 33.3 Å². The van der Waals surface area contributed by atoms with Gasteiger partial charge in [0, 0.05) is 30.4 Å². The third kappa shape index (κ3) is 5.16. The minimum Gasteiger partial charge on any atom is -0.347 e. The highest BCUT2D eigenvalue weighted by molar-refractivity contribution is 5.94. The molecule has 0 aliphatic heterocycles. The Morgan fingerprint density at radius 2 is 1.80 bits per heavy atom. The fourth-order valence-corrected chi connectivity index (χ4v) is 2.60. The van der Waals surface area contributed by atoms with Crippen LogP contribution in [0.2, 0.25) is 0 Å². The summed E-state index contributed by atoms with van der Waals surface area (Å²) < 4.78 is 39.4. The lowest BCUT2D eigenvalue weighted by Gasteiger charge is -2.13. The van der Waals surface area contributed by atoms with Gasteiger partial charge in [-0.15, -0.1) is 0 Å². The van der Waals surface area contributed by atoms with E-state index >= 15 is 0 Å². The van der Waals surface area contributed by atoms with Crippen LogP contribution in [-0.2, 0) is 15.8 Å². The molecular formula is C20H16F3N5O2. The zero-order valence-electron chi connectivity index (χ0n) is 15.7. The number of halogens is 3. The molecule has 0 bridgehead atoms. The van der Waals surface area contributed by atoms with Crippen molar-refractivity contribution in [3.63, 3.8) is 0 Å². The molecule has 0 aliphatic rings. The second-order valence-corrected chi connectivity index (χ2v) is 6.23. The lowest BCUT2D eigenvalue weighted by atomic mass is 10.0.